The van der Waals surface area contributed by atoms with Gasteiger partial charge in [0, 0.05) is 12.3 Å². The zero-order chi connectivity index (χ0) is 23.2. The molecule has 0 unspecified atom stereocenters. The Kier molecular flexibility index (Phi) is 11.3. The molecule has 0 atom stereocenters. The number of aromatic hydroxyl groups is 1. The first kappa shape index (κ1) is 25.4. The molecule has 0 saturated heterocycles. The maximum atomic E-state index is 12.2. The molecule has 0 aliphatic heterocycles. The van der Waals surface area contributed by atoms with Crippen LogP contribution < -0.4 is 5.63 Å². The summed E-state index contributed by atoms with van der Waals surface area (Å²) in [5.41, 5.74) is 0.318. The summed E-state index contributed by atoms with van der Waals surface area (Å²) in [6.07, 6.45) is 13.6. The number of nitrogens with zero attached hydrogens (tertiary/aromatic N) is 1. The summed E-state index contributed by atoms with van der Waals surface area (Å²) in [5, 5.41) is 9.86. The highest BCUT2D eigenvalue weighted by Gasteiger charge is 2.08. The Morgan fingerprint density at radius 1 is 1.00 bits per heavy atom. The van der Waals surface area contributed by atoms with Gasteiger partial charge in [-0.15, -0.1) is 0 Å². The van der Waals surface area contributed by atoms with Gasteiger partial charge in [-0.3, -0.25) is 4.99 Å². The molecule has 32 heavy (non-hydrogen) atoms. The monoisotopic (exact) mass is 441 g/mol. The minimum atomic E-state index is -0.654. The van der Waals surface area contributed by atoms with Crippen molar-refractivity contribution in [3.05, 3.63) is 57.6 Å². The van der Waals surface area contributed by atoms with Crippen LogP contribution in [0.25, 0.3) is 0 Å². The van der Waals surface area contributed by atoms with E-state index in [4.69, 9.17) is 9.15 Å². The molecule has 0 radical (unpaired) electrons. The lowest BCUT2D eigenvalue weighted by Crippen LogP contribution is -2.07. The lowest BCUT2D eigenvalue weighted by atomic mass is 10.1. The van der Waals surface area contributed by atoms with E-state index in [9.17, 15) is 14.7 Å². The van der Waals surface area contributed by atoms with Gasteiger partial charge in [-0.1, -0.05) is 64.7 Å². The van der Waals surface area contributed by atoms with Crippen molar-refractivity contribution in [1.29, 1.82) is 0 Å². The van der Waals surface area contributed by atoms with Crippen LogP contribution in [0.15, 0.2) is 44.5 Å². The summed E-state index contributed by atoms with van der Waals surface area (Å²) in [6.45, 7) is 4.24. The van der Waals surface area contributed by atoms with Crippen molar-refractivity contribution in [1.82, 2.24) is 0 Å². The fraction of sp³-hybridized carbons (Fsp3) is 0.500. The van der Waals surface area contributed by atoms with Crippen LogP contribution in [0.2, 0.25) is 0 Å². The van der Waals surface area contributed by atoms with Crippen molar-refractivity contribution in [2.45, 2.75) is 78.1 Å². The third-order valence-electron chi connectivity index (χ3n) is 5.27. The van der Waals surface area contributed by atoms with E-state index >= 15 is 0 Å². The zero-order valence-corrected chi connectivity index (χ0v) is 19.3. The topological polar surface area (TPSA) is 89.1 Å². The van der Waals surface area contributed by atoms with Crippen molar-refractivity contribution >= 4 is 17.9 Å². The van der Waals surface area contributed by atoms with E-state index in [2.05, 4.69) is 11.9 Å². The van der Waals surface area contributed by atoms with Crippen LogP contribution in [0.1, 0.15) is 92.8 Å². The van der Waals surface area contributed by atoms with Crippen LogP contribution in [0.3, 0.4) is 0 Å². The van der Waals surface area contributed by atoms with Gasteiger partial charge in [0.15, 0.2) is 0 Å². The number of rotatable bonds is 14. The average Bonchev–Trinajstić information content (AvgIpc) is 2.77. The number of ether oxygens (including phenoxy) is 1. The Hall–Kier alpha value is -2.89. The van der Waals surface area contributed by atoms with Crippen LogP contribution >= 0.6 is 0 Å². The highest BCUT2D eigenvalue weighted by atomic mass is 16.5. The maximum absolute atomic E-state index is 12.2. The third kappa shape index (κ3) is 9.08. The number of hydrogen-bond acceptors (Lipinski definition) is 6. The molecule has 174 valence electrons. The standard InChI is InChI=1S/C26H35NO5/c1-3-4-5-6-7-8-9-10-11-12-17-31-25(29)21-13-15-22(16-14-21)27-19-23-24(28)18-20(2)32-26(23)30/h13-16,18-19,28H,3-12,17H2,1-2H3. The van der Waals surface area contributed by atoms with E-state index in [0.717, 1.165) is 12.8 Å². The Labute approximate surface area is 190 Å². The van der Waals surface area contributed by atoms with Gasteiger partial charge in [0.25, 0.3) is 0 Å². The van der Waals surface area contributed by atoms with Crippen LogP contribution in [-0.4, -0.2) is 23.9 Å². The van der Waals surface area contributed by atoms with E-state index in [0.29, 0.717) is 23.6 Å². The lowest BCUT2D eigenvalue weighted by Gasteiger charge is -2.05. The second-order valence-electron chi connectivity index (χ2n) is 8.07. The van der Waals surface area contributed by atoms with Gasteiger partial charge in [0.05, 0.1) is 17.9 Å². The van der Waals surface area contributed by atoms with Gasteiger partial charge in [-0.05, 0) is 37.6 Å². The quantitative estimate of drug-likeness (QED) is 0.206. The molecule has 0 fully saturated rings. The number of hydrogen-bond donors (Lipinski definition) is 1. The van der Waals surface area contributed by atoms with E-state index in [1.807, 2.05) is 0 Å². The van der Waals surface area contributed by atoms with Gasteiger partial charge < -0.3 is 14.3 Å². The normalized spacial score (nSPS) is 11.2. The summed E-state index contributed by atoms with van der Waals surface area (Å²) in [7, 11) is 0. The highest BCUT2D eigenvalue weighted by molar-refractivity contribution is 5.90. The number of esters is 1. The summed E-state index contributed by atoms with van der Waals surface area (Å²) < 4.78 is 10.3. The molecule has 0 aliphatic carbocycles. The highest BCUT2D eigenvalue weighted by Crippen LogP contribution is 2.17. The Bertz CT molecular complexity index is 915. The first-order chi connectivity index (χ1) is 15.5. The summed E-state index contributed by atoms with van der Waals surface area (Å²) in [5.74, 6) is -0.215. The second-order valence-corrected chi connectivity index (χ2v) is 8.07. The van der Waals surface area contributed by atoms with Crippen LogP contribution in [0.4, 0.5) is 5.69 Å². The van der Waals surface area contributed by atoms with Gasteiger partial charge in [-0.25, -0.2) is 9.59 Å². The Morgan fingerprint density at radius 3 is 2.19 bits per heavy atom. The molecule has 0 aliphatic rings. The van der Waals surface area contributed by atoms with Crippen molar-refractivity contribution in [2.24, 2.45) is 4.99 Å². The molecule has 6 heteroatoms. The fourth-order valence-electron chi connectivity index (χ4n) is 3.38. The molecule has 1 N–H and O–H groups in total. The van der Waals surface area contributed by atoms with Crippen molar-refractivity contribution in [3.63, 3.8) is 0 Å². The molecule has 6 nitrogen and oxygen atoms in total. The summed E-state index contributed by atoms with van der Waals surface area (Å²) in [6, 6.07) is 7.92. The SMILES string of the molecule is CCCCCCCCCCCCOC(=O)c1ccc(N=Cc2c(O)cc(C)oc2=O)cc1. The molecular formula is C26H35NO5. The van der Waals surface area contributed by atoms with Crippen LogP contribution in [-0.2, 0) is 4.74 Å². The number of aryl methyl sites for hydroxylation is 1. The minimum Gasteiger partial charge on any atom is -0.507 e. The number of aliphatic imine (C=N–C) groups is 1. The van der Waals surface area contributed by atoms with E-state index in [1.54, 1.807) is 31.2 Å². The molecule has 1 aromatic carbocycles. The Morgan fingerprint density at radius 2 is 1.59 bits per heavy atom. The molecule has 1 heterocycles. The number of carbonyl (C=O) groups is 1. The maximum Gasteiger partial charge on any atom is 0.348 e. The third-order valence-corrected chi connectivity index (χ3v) is 5.27. The van der Waals surface area contributed by atoms with Gasteiger partial charge in [0.1, 0.15) is 17.1 Å². The lowest BCUT2D eigenvalue weighted by molar-refractivity contribution is 0.0497. The molecule has 2 rings (SSSR count). The van der Waals surface area contributed by atoms with Gasteiger partial charge in [0.2, 0.25) is 0 Å². The molecule has 0 spiro atoms. The Balaban J connectivity index is 1.67. The van der Waals surface area contributed by atoms with Crippen LogP contribution in [0, 0.1) is 6.92 Å². The number of benzene rings is 1. The van der Waals surface area contributed by atoms with Crippen LogP contribution in [0.5, 0.6) is 5.75 Å². The first-order valence-electron chi connectivity index (χ1n) is 11.7. The number of carbonyl (C=O) groups excluding carboxylic acids is 1. The fourth-order valence-corrected chi connectivity index (χ4v) is 3.38. The summed E-state index contributed by atoms with van der Waals surface area (Å²) >= 11 is 0. The number of unbranched alkanes of at least 4 members (excludes halogenated alkanes) is 9. The predicted molar refractivity (Wildman–Crippen MR) is 127 cm³/mol. The van der Waals surface area contributed by atoms with E-state index in [1.165, 1.54) is 63.6 Å². The molecule has 0 saturated carbocycles. The molecule has 0 amide bonds. The molecular weight excluding hydrogens is 406 g/mol. The minimum absolute atomic E-state index is 0.0180. The van der Waals surface area contributed by atoms with Crippen molar-refractivity contribution < 1.29 is 19.1 Å². The van der Waals surface area contributed by atoms with Gasteiger partial charge >= 0.3 is 11.6 Å². The molecule has 2 aromatic rings. The van der Waals surface area contributed by atoms with Gasteiger partial charge in [-0.2, -0.15) is 0 Å². The van der Waals surface area contributed by atoms with E-state index < -0.39 is 5.63 Å². The first-order valence-corrected chi connectivity index (χ1v) is 11.7. The van der Waals surface area contributed by atoms with E-state index in [-0.39, 0.29) is 17.3 Å². The molecule has 0 bridgehead atoms. The average molecular weight is 442 g/mol. The molecule has 1 aromatic heterocycles. The smallest absolute Gasteiger partial charge is 0.348 e. The zero-order valence-electron chi connectivity index (χ0n) is 19.3. The van der Waals surface area contributed by atoms with Crippen molar-refractivity contribution in [2.75, 3.05) is 6.61 Å². The van der Waals surface area contributed by atoms with Crippen molar-refractivity contribution in [3.8, 4) is 5.75 Å². The largest absolute Gasteiger partial charge is 0.507 e. The second kappa shape index (κ2) is 14.2. The predicted octanol–water partition coefficient (Wildman–Crippen LogP) is 6.48. The summed E-state index contributed by atoms with van der Waals surface area (Å²) in [4.78, 5) is 28.1.